The highest BCUT2D eigenvalue weighted by atomic mass is 16.5. The predicted molar refractivity (Wildman–Crippen MR) is 78.4 cm³/mol. The lowest BCUT2D eigenvalue weighted by Gasteiger charge is -2.24. The van der Waals surface area contributed by atoms with Crippen molar-refractivity contribution in [1.82, 2.24) is 9.55 Å². The van der Waals surface area contributed by atoms with Crippen LogP contribution in [0.1, 0.15) is 27.7 Å². The predicted octanol–water partition coefficient (Wildman–Crippen LogP) is 1.63. The Balaban J connectivity index is 2.70. The SMILES string of the molecule is CC(C)Oc1cccc2c1nc(N)n2C(C)(C)C(N)=O. The number of fused-ring (bicyclic) bond motifs is 1. The van der Waals surface area contributed by atoms with Crippen molar-refractivity contribution >= 4 is 22.9 Å². The highest BCUT2D eigenvalue weighted by molar-refractivity contribution is 5.89. The lowest BCUT2D eigenvalue weighted by molar-refractivity contribution is -0.124. The maximum Gasteiger partial charge on any atom is 0.243 e. The van der Waals surface area contributed by atoms with Crippen LogP contribution in [0.15, 0.2) is 18.2 Å². The monoisotopic (exact) mass is 276 g/mol. The summed E-state index contributed by atoms with van der Waals surface area (Å²) in [5.41, 5.74) is 11.8. The van der Waals surface area contributed by atoms with Gasteiger partial charge in [0.1, 0.15) is 16.8 Å². The van der Waals surface area contributed by atoms with E-state index in [4.69, 9.17) is 16.2 Å². The summed E-state index contributed by atoms with van der Waals surface area (Å²) in [5.74, 6) is 0.408. The number of aromatic nitrogens is 2. The number of anilines is 1. The molecule has 0 radical (unpaired) electrons. The average Bonchev–Trinajstić information content (AvgIpc) is 2.66. The van der Waals surface area contributed by atoms with Crippen LogP contribution in [0.3, 0.4) is 0 Å². The van der Waals surface area contributed by atoms with E-state index in [0.717, 1.165) is 5.52 Å². The number of amides is 1. The molecule has 0 fully saturated rings. The number of carbonyl (C=O) groups is 1. The summed E-state index contributed by atoms with van der Waals surface area (Å²) in [7, 11) is 0. The van der Waals surface area contributed by atoms with Gasteiger partial charge in [-0.2, -0.15) is 0 Å². The van der Waals surface area contributed by atoms with Crippen LogP contribution in [-0.4, -0.2) is 21.6 Å². The van der Waals surface area contributed by atoms with Crippen LogP contribution in [0, 0.1) is 0 Å². The van der Waals surface area contributed by atoms with Crippen molar-refractivity contribution < 1.29 is 9.53 Å². The van der Waals surface area contributed by atoms with E-state index < -0.39 is 11.4 Å². The Hall–Kier alpha value is -2.24. The molecule has 1 heterocycles. The van der Waals surface area contributed by atoms with Crippen LogP contribution in [0.25, 0.3) is 11.0 Å². The molecule has 0 bridgehead atoms. The zero-order chi connectivity index (χ0) is 15.1. The Labute approximate surface area is 117 Å². The molecule has 1 aromatic carbocycles. The highest BCUT2D eigenvalue weighted by Gasteiger charge is 2.31. The van der Waals surface area contributed by atoms with Crippen LogP contribution >= 0.6 is 0 Å². The van der Waals surface area contributed by atoms with E-state index in [1.54, 1.807) is 18.4 Å². The van der Waals surface area contributed by atoms with E-state index in [1.165, 1.54) is 0 Å². The number of nitrogens with zero attached hydrogens (tertiary/aromatic N) is 2. The van der Waals surface area contributed by atoms with Crippen molar-refractivity contribution in [2.24, 2.45) is 5.73 Å². The van der Waals surface area contributed by atoms with Gasteiger partial charge in [-0.3, -0.25) is 9.36 Å². The van der Waals surface area contributed by atoms with Gasteiger partial charge in [0, 0.05) is 0 Å². The molecule has 0 saturated heterocycles. The van der Waals surface area contributed by atoms with Crippen LogP contribution in [0.2, 0.25) is 0 Å². The summed E-state index contributed by atoms with van der Waals surface area (Å²) in [4.78, 5) is 16.0. The number of benzene rings is 1. The second-order valence-corrected chi connectivity index (χ2v) is 5.52. The second-order valence-electron chi connectivity index (χ2n) is 5.52. The fourth-order valence-electron chi connectivity index (χ4n) is 2.14. The van der Waals surface area contributed by atoms with Crippen molar-refractivity contribution in [2.45, 2.75) is 39.3 Å². The zero-order valence-corrected chi connectivity index (χ0v) is 12.2. The van der Waals surface area contributed by atoms with Crippen LogP contribution < -0.4 is 16.2 Å². The van der Waals surface area contributed by atoms with Crippen molar-refractivity contribution in [2.75, 3.05) is 5.73 Å². The van der Waals surface area contributed by atoms with Crippen molar-refractivity contribution in [3.05, 3.63) is 18.2 Å². The van der Waals surface area contributed by atoms with Crippen LogP contribution in [0.5, 0.6) is 5.75 Å². The van der Waals surface area contributed by atoms with Crippen molar-refractivity contribution in [3.63, 3.8) is 0 Å². The summed E-state index contributed by atoms with van der Waals surface area (Å²) < 4.78 is 7.36. The van der Waals surface area contributed by atoms with Crippen molar-refractivity contribution in [3.8, 4) is 5.75 Å². The third kappa shape index (κ3) is 2.17. The molecular formula is C14H20N4O2. The van der Waals surface area contributed by atoms with Gasteiger partial charge in [0.2, 0.25) is 11.9 Å². The molecule has 1 aromatic heterocycles. The maximum absolute atomic E-state index is 11.7. The molecule has 0 aliphatic carbocycles. The van der Waals surface area contributed by atoms with Gasteiger partial charge in [-0.05, 0) is 39.8 Å². The highest BCUT2D eigenvalue weighted by Crippen LogP contribution is 2.32. The largest absolute Gasteiger partial charge is 0.489 e. The summed E-state index contributed by atoms with van der Waals surface area (Å²) >= 11 is 0. The zero-order valence-electron chi connectivity index (χ0n) is 12.2. The molecule has 0 saturated carbocycles. The number of primary amides is 1. The first-order valence-electron chi connectivity index (χ1n) is 6.49. The first kappa shape index (κ1) is 14.2. The molecule has 6 nitrogen and oxygen atoms in total. The van der Waals surface area contributed by atoms with Gasteiger partial charge < -0.3 is 16.2 Å². The van der Waals surface area contributed by atoms with Gasteiger partial charge in [0.15, 0.2) is 0 Å². The van der Waals surface area contributed by atoms with E-state index >= 15 is 0 Å². The first-order chi connectivity index (χ1) is 9.25. The number of nitrogens with two attached hydrogens (primary N) is 2. The molecule has 0 unspecified atom stereocenters. The Morgan fingerprint density at radius 1 is 1.40 bits per heavy atom. The third-order valence-corrected chi connectivity index (χ3v) is 3.20. The molecule has 0 aliphatic rings. The Kier molecular flexibility index (Phi) is 3.33. The number of para-hydroxylation sites is 1. The molecule has 6 heteroatoms. The Bertz CT molecular complexity index is 658. The molecule has 1 amide bonds. The minimum absolute atomic E-state index is 0.0242. The molecule has 108 valence electrons. The first-order valence-corrected chi connectivity index (χ1v) is 6.49. The summed E-state index contributed by atoms with van der Waals surface area (Å²) in [6.45, 7) is 7.30. The van der Waals surface area contributed by atoms with Crippen LogP contribution in [-0.2, 0) is 10.3 Å². The Morgan fingerprint density at radius 2 is 2.05 bits per heavy atom. The van der Waals surface area contributed by atoms with Gasteiger partial charge in [-0.1, -0.05) is 6.07 Å². The van der Waals surface area contributed by atoms with E-state index in [2.05, 4.69) is 4.98 Å². The quantitative estimate of drug-likeness (QED) is 0.887. The lowest BCUT2D eigenvalue weighted by atomic mass is 10.0. The van der Waals surface area contributed by atoms with E-state index in [-0.39, 0.29) is 12.1 Å². The molecule has 4 N–H and O–H groups in total. The minimum atomic E-state index is -0.963. The number of nitrogen functional groups attached to an aromatic ring is 1. The fraction of sp³-hybridized carbons (Fsp3) is 0.429. The number of carbonyl (C=O) groups excluding carboxylic acids is 1. The molecule has 20 heavy (non-hydrogen) atoms. The van der Waals surface area contributed by atoms with Crippen LogP contribution in [0.4, 0.5) is 5.95 Å². The van der Waals surface area contributed by atoms with Gasteiger partial charge >= 0.3 is 0 Å². The molecular weight excluding hydrogens is 256 g/mol. The van der Waals surface area contributed by atoms with Gasteiger partial charge in [-0.25, -0.2) is 4.98 Å². The number of imidazole rings is 1. The van der Waals surface area contributed by atoms with Gasteiger partial charge in [0.05, 0.1) is 11.6 Å². The summed E-state index contributed by atoms with van der Waals surface area (Å²) in [6, 6.07) is 5.52. The van der Waals surface area contributed by atoms with E-state index in [9.17, 15) is 4.79 Å². The van der Waals surface area contributed by atoms with Gasteiger partial charge in [-0.15, -0.1) is 0 Å². The Morgan fingerprint density at radius 3 is 2.60 bits per heavy atom. The smallest absolute Gasteiger partial charge is 0.243 e. The fourth-order valence-corrected chi connectivity index (χ4v) is 2.14. The lowest BCUT2D eigenvalue weighted by Crippen LogP contribution is -2.41. The van der Waals surface area contributed by atoms with Crippen molar-refractivity contribution in [1.29, 1.82) is 0 Å². The normalized spacial score (nSPS) is 12.1. The number of hydrogen-bond donors (Lipinski definition) is 2. The summed E-state index contributed by atoms with van der Waals surface area (Å²) in [6.07, 6.45) is 0.0242. The van der Waals surface area contributed by atoms with E-state index in [1.807, 2.05) is 32.0 Å². The third-order valence-electron chi connectivity index (χ3n) is 3.20. The standard InChI is InChI=1S/C14H20N4O2/c1-8(2)20-10-7-5-6-9-11(10)17-13(16)18(9)14(3,4)12(15)19/h5-8H,1-4H3,(H2,15,19)(H2,16,17). The van der Waals surface area contributed by atoms with E-state index in [0.29, 0.717) is 11.3 Å². The molecule has 0 aliphatic heterocycles. The number of hydrogen-bond acceptors (Lipinski definition) is 4. The molecule has 0 spiro atoms. The second kappa shape index (κ2) is 4.70. The molecule has 2 rings (SSSR count). The maximum atomic E-state index is 11.7. The topological polar surface area (TPSA) is 96.2 Å². The molecule has 0 atom stereocenters. The van der Waals surface area contributed by atoms with Gasteiger partial charge in [0.25, 0.3) is 0 Å². The number of ether oxygens (including phenoxy) is 1. The average molecular weight is 276 g/mol. The number of rotatable bonds is 4. The summed E-state index contributed by atoms with van der Waals surface area (Å²) in [5, 5.41) is 0. The molecule has 2 aromatic rings. The minimum Gasteiger partial charge on any atom is -0.489 e.